The lowest BCUT2D eigenvalue weighted by atomic mass is 10.0. The number of benzene rings is 1. The van der Waals surface area contributed by atoms with Crippen molar-refractivity contribution < 1.29 is 4.74 Å². The van der Waals surface area contributed by atoms with Crippen molar-refractivity contribution in [2.24, 2.45) is 0 Å². The first-order chi connectivity index (χ1) is 9.17. The number of aryl methyl sites for hydroxylation is 1. The second-order valence-corrected chi connectivity index (χ2v) is 6.18. The molecule has 2 fully saturated rings. The fraction of sp³-hybridized carbons (Fsp3) is 0.647. The highest BCUT2D eigenvalue weighted by Crippen LogP contribution is 2.45. The summed E-state index contributed by atoms with van der Waals surface area (Å²) in [5.41, 5.74) is 4.52. The van der Waals surface area contributed by atoms with E-state index in [1.165, 1.54) is 24.1 Å². The molecule has 104 valence electrons. The normalized spacial score (nSPS) is 27.6. The number of ether oxygens (including phenoxy) is 1. The molecule has 2 unspecified atom stereocenters. The molecule has 2 heteroatoms. The summed E-state index contributed by atoms with van der Waals surface area (Å²) in [6, 6.07) is 7.08. The molecule has 1 aliphatic heterocycles. The summed E-state index contributed by atoms with van der Waals surface area (Å²) in [6.45, 7) is 8.65. The monoisotopic (exact) mass is 259 g/mol. The predicted octanol–water partition coefficient (Wildman–Crippen LogP) is 3.74. The lowest BCUT2D eigenvalue weighted by Gasteiger charge is -2.38. The van der Waals surface area contributed by atoms with E-state index >= 15 is 0 Å². The minimum atomic E-state index is 0.335. The first-order valence-electron chi connectivity index (χ1n) is 7.70. The first kappa shape index (κ1) is 13.0. The summed E-state index contributed by atoms with van der Waals surface area (Å²) in [5.74, 6) is 0.815. The van der Waals surface area contributed by atoms with Gasteiger partial charge in [-0.25, -0.2) is 0 Å². The third-order valence-electron chi connectivity index (χ3n) is 4.28. The van der Waals surface area contributed by atoms with Crippen LogP contribution in [0, 0.1) is 0 Å². The van der Waals surface area contributed by atoms with E-state index in [2.05, 4.69) is 43.9 Å². The molecule has 0 radical (unpaired) electrons. The van der Waals surface area contributed by atoms with E-state index in [4.69, 9.17) is 4.74 Å². The Morgan fingerprint density at radius 3 is 2.42 bits per heavy atom. The van der Waals surface area contributed by atoms with E-state index in [-0.39, 0.29) is 0 Å². The van der Waals surface area contributed by atoms with Crippen molar-refractivity contribution in [3.05, 3.63) is 29.3 Å². The topological polar surface area (TPSA) is 12.5 Å². The van der Waals surface area contributed by atoms with Gasteiger partial charge in [0, 0.05) is 18.8 Å². The third-order valence-corrected chi connectivity index (χ3v) is 4.28. The van der Waals surface area contributed by atoms with Gasteiger partial charge in [0.15, 0.2) is 0 Å². The molecule has 0 aromatic heterocycles. The van der Waals surface area contributed by atoms with Gasteiger partial charge in [0.1, 0.15) is 0 Å². The maximum atomic E-state index is 5.86. The number of hydrogen-bond acceptors (Lipinski definition) is 2. The Morgan fingerprint density at radius 1 is 1.16 bits per heavy atom. The molecule has 1 aliphatic carbocycles. The van der Waals surface area contributed by atoms with Gasteiger partial charge in [-0.1, -0.05) is 19.1 Å². The van der Waals surface area contributed by atoms with Crippen molar-refractivity contribution in [3.63, 3.8) is 0 Å². The largest absolute Gasteiger partial charge is 0.372 e. The van der Waals surface area contributed by atoms with Crippen LogP contribution in [0.5, 0.6) is 0 Å². The fourth-order valence-electron chi connectivity index (χ4n) is 3.21. The highest BCUT2D eigenvalue weighted by atomic mass is 16.5. The lowest BCUT2D eigenvalue weighted by Crippen LogP contribution is -2.45. The number of nitrogens with zero attached hydrogens (tertiary/aromatic N) is 1. The van der Waals surface area contributed by atoms with Gasteiger partial charge < -0.3 is 9.64 Å². The van der Waals surface area contributed by atoms with E-state index in [1.54, 1.807) is 5.56 Å². The number of morpholine rings is 1. The molecule has 0 spiro atoms. The smallest absolute Gasteiger partial charge is 0.0726 e. The summed E-state index contributed by atoms with van der Waals surface area (Å²) in [5, 5.41) is 0. The van der Waals surface area contributed by atoms with Crippen molar-refractivity contribution in [1.82, 2.24) is 0 Å². The molecular weight excluding hydrogens is 234 g/mol. The van der Waals surface area contributed by atoms with Crippen LogP contribution < -0.4 is 4.90 Å². The maximum Gasteiger partial charge on any atom is 0.0726 e. The van der Waals surface area contributed by atoms with Crippen LogP contribution in [0.2, 0.25) is 0 Å². The average molecular weight is 259 g/mol. The fourth-order valence-corrected chi connectivity index (χ4v) is 3.21. The Kier molecular flexibility index (Phi) is 3.53. The summed E-state index contributed by atoms with van der Waals surface area (Å²) in [7, 11) is 0. The molecule has 0 N–H and O–H groups in total. The van der Waals surface area contributed by atoms with Crippen LogP contribution in [-0.4, -0.2) is 25.3 Å². The van der Waals surface area contributed by atoms with Gasteiger partial charge in [0.05, 0.1) is 12.2 Å². The van der Waals surface area contributed by atoms with E-state index in [0.29, 0.717) is 12.2 Å². The molecule has 1 aromatic carbocycles. The molecule has 2 atom stereocenters. The second-order valence-electron chi connectivity index (χ2n) is 6.18. The van der Waals surface area contributed by atoms with Crippen molar-refractivity contribution in [3.8, 4) is 0 Å². The minimum Gasteiger partial charge on any atom is -0.372 e. The Hall–Kier alpha value is -1.02. The molecule has 2 aliphatic rings. The van der Waals surface area contributed by atoms with Crippen molar-refractivity contribution in [2.45, 2.75) is 58.2 Å². The molecule has 19 heavy (non-hydrogen) atoms. The standard InChI is InChI=1S/C17H25NO/c1-4-14-5-8-17(16(9-14)15-6-7-15)18-10-12(2)19-13(3)11-18/h5,8-9,12-13,15H,4,6-7,10-11H2,1-3H3. The molecule has 2 nitrogen and oxygen atoms in total. The summed E-state index contributed by atoms with van der Waals surface area (Å²) in [6.07, 6.45) is 4.55. The van der Waals surface area contributed by atoms with Gasteiger partial charge in [-0.05, 0) is 56.2 Å². The van der Waals surface area contributed by atoms with Crippen LogP contribution in [0.15, 0.2) is 18.2 Å². The quantitative estimate of drug-likeness (QED) is 0.820. The van der Waals surface area contributed by atoms with Crippen molar-refractivity contribution in [1.29, 1.82) is 0 Å². The van der Waals surface area contributed by atoms with E-state index in [0.717, 1.165) is 25.4 Å². The molecule has 1 heterocycles. The molecule has 0 bridgehead atoms. The molecule has 0 amide bonds. The number of anilines is 1. The van der Waals surface area contributed by atoms with Crippen LogP contribution in [0.1, 0.15) is 50.7 Å². The van der Waals surface area contributed by atoms with Crippen LogP contribution >= 0.6 is 0 Å². The number of hydrogen-bond donors (Lipinski definition) is 0. The minimum absolute atomic E-state index is 0.335. The zero-order valence-electron chi connectivity index (χ0n) is 12.4. The highest BCUT2D eigenvalue weighted by molar-refractivity contribution is 5.58. The van der Waals surface area contributed by atoms with Gasteiger partial charge in [-0.2, -0.15) is 0 Å². The highest BCUT2D eigenvalue weighted by Gasteiger charge is 2.30. The van der Waals surface area contributed by atoms with Crippen LogP contribution in [-0.2, 0) is 11.2 Å². The van der Waals surface area contributed by atoms with Gasteiger partial charge in [0.2, 0.25) is 0 Å². The molecule has 1 saturated heterocycles. The predicted molar refractivity (Wildman–Crippen MR) is 80.0 cm³/mol. The van der Waals surface area contributed by atoms with Crippen molar-refractivity contribution in [2.75, 3.05) is 18.0 Å². The Labute approximate surface area is 116 Å². The third kappa shape index (κ3) is 2.79. The van der Waals surface area contributed by atoms with E-state index in [1.807, 2.05) is 0 Å². The lowest BCUT2D eigenvalue weighted by molar-refractivity contribution is -0.00526. The average Bonchev–Trinajstić information content (AvgIpc) is 3.21. The molecule has 1 aromatic rings. The summed E-state index contributed by atoms with van der Waals surface area (Å²) < 4.78 is 5.86. The summed E-state index contributed by atoms with van der Waals surface area (Å²) in [4.78, 5) is 2.53. The van der Waals surface area contributed by atoms with Gasteiger partial charge in [0.25, 0.3) is 0 Å². The molecule has 3 rings (SSSR count). The van der Waals surface area contributed by atoms with E-state index < -0.39 is 0 Å². The summed E-state index contributed by atoms with van der Waals surface area (Å²) >= 11 is 0. The van der Waals surface area contributed by atoms with Gasteiger partial charge >= 0.3 is 0 Å². The first-order valence-corrected chi connectivity index (χ1v) is 7.70. The van der Waals surface area contributed by atoms with Crippen LogP contribution in [0.25, 0.3) is 0 Å². The molecular formula is C17H25NO. The number of rotatable bonds is 3. The maximum absolute atomic E-state index is 5.86. The van der Waals surface area contributed by atoms with Crippen LogP contribution in [0.3, 0.4) is 0 Å². The second kappa shape index (κ2) is 5.16. The Bertz CT molecular complexity index is 443. The zero-order chi connectivity index (χ0) is 13.4. The zero-order valence-corrected chi connectivity index (χ0v) is 12.4. The Balaban J connectivity index is 1.90. The van der Waals surface area contributed by atoms with Crippen molar-refractivity contribution >= 4 is 5.69 Å². The molecule has 1 saturated carbocycles. The van der Waals surface area contributed by atoms with Crippen LogP contribution in [0.4, 0.5) is 5.69 Å². The van der Waals surface area contributed by atoms with Gasteiger partial charge in [-0.3, -0.25) is 0 Å². The van der Waals surface area contributed by atoms with Gasteiger partial charge in [-0.15, -0.1) is 0 Å². The van der Waals surface area contributed by atoms with E-state index in [9.17, 15) is 0 Å². The Morgan fingerprint density at radius 2 is 1.84 bits per heavy atom. The SMILES string of the molecule is CCc1ccc(N2CC(C)OC(C)C2)c(C2CC2)c1.